The lowest BCUT2D eigenvalue weighted by molar-refractivity contribution is 0.341. The summed E-state index contributed by atoms with van der Waals surface area (Å²) < 4.78 is 47.2. The lowest BCUT2D eigenvalue weighted by atomic mass is 10.1. The molecule has 1 atom stereocenters. The van der Waals surface area contributed by atoms with E-state index >= 15 is 0 Å². The van der Waals surface area contributed by atoms with Gasteiger partial charge in [-0.25, -0.2) is 4.68 Å². The van der Waals surface area contributed by atoms with Gasteiger partial charge in [-0.1, -0.05) is 13.8 Å². The standard InChI is InChI=1S/C22H28N5O6PS2/c1-5-33-34(30)17-10-15(26-36(4,31)32)6-7-16(17)23-21(25-34)18-20(28)19(14-8-9-35-12-14)24-27(22(18)29)11-13(2)3/h6-10,12-13,26,28,31-32H,5,11H2,1-4H3,(H,23,25,30). The van der Waals surface area contributed by atoms with Crippen LogP contribution in [0.2, 0.25) is 0 Å². The van der Waals surface area contributed by atoms with E-state index in [0.29, 0.717) is 23.5 Å². The number of aromatic nitrogens is 2. The van der Waals surface area contributed by atoms with Crippen molar-refractivity contribution in [2.75, 3.05) is 22.9 Å². The van der Waals surface area contributed by atoms with E-state index in [1.54, 1.807) is 30.5 Å². The van der Waals surface area contributed by atoms with Crippen LogP contribution >= 0.6 is 29.6 Å². The number of thiophene rings is 1. The summed E-state index contributed by atoms with van der Waals surface area (Å²) in [7, 11) is -7.00. The quantitative estimate of drug-likeness (QED) is 0.248. The molecule has 1 aliphatic rings. The van der Waals surface area contributed by atoms with Crippen LogP contribution in [0, 0.1) is 5.92 Å². The zero-order valence-electron chi connectivity index (χ0n) is 20.1. The Labute approximate surface area is 213 Å². The van der Waals surface area contributed by atoms with Gasteiger partial charge in [-0.05, 0) is 42.5 Å². The van der Waals surface area contributed by atoms with Gasteiger partial charge in [-0.3, -0.25) is 23.2 Å². The predicted octanol–water partition coefficient (Wildman–Crippen LogP) is 4.77. The second-order valence-corrected chi connectivity index (χ2v) is 13.3. The largest absolute Gasteiger partial charge is 0.505 e. The molecule has 2 aromatic heterocycles. The summed E-state index contributed by atoms with van der Waals surface area (Å²) in [5, 5.41) is 22.4. The Morgan fingerprint density at radius 1 is 1.31 bits per heavy atom. The predicted molar refractivity (Wildman–Crippen MR) is 146 cm³/mol. The topological polar surface area (TPSA) is 158 Å². The Morgan fingerprint density at radius 3 is 2.67 bits per heavy atom. The van der Waals surface area contributed by atoms with E-state index in [1.165, 1.54) is 28.3 Å². The van der Waals surface area contributed by atoms with Crippen LogP contribution in [0.25, 0.3) is 11.3 Å². The van der Waals surface area contributed by atoms with Gasteiger partial charge in [-0.2, -0.15) is 21.2 Å². The SMILES string of the molecule is CCOP1(=O)N=C(c2c(O)c(-c3ccsc3)nn(CC(C)C)c2=O)Nc2ccc(NS(C)(O)O)cc21. The third kappa shape index (κ3) is 5.36. The van der Waals surface area contributed by atoms with Crippen molar-refractivity contribution in [1.82, 2.24) is 9.78 Å². The molecular formula is C22H28N5O6PS2. The van der Waals surface area contributed by atoms with E-state index in [0.717, 1.165) is 0 Å². The molecule has 0 bridgehead atoms. The Hall–Kier alpha value is -2.67. The third-order valence-corrected chi connectivity index (χ3v) is 8.46. The highest BCUT2D eigenvalue weighted by Crippen LogP contribution is 2.53. The van der Waals surface area contributed by atoms with Crippen molar-refractivity contribution in [1.29, 1.82) is 0 Å². The van der Waals surface area contributed by atoms with Crippen LogP contribution < -0.4 is 20.9 Å². The second-order valence-electron chi connectivity index (χ2n) is 8.64. The molecule has 11 nitrogen and oxygen atoms in total. The minimum Gasteiger partial charge on any atom is -0.505 e. The Morgan fingerprint density at radius 2 is 2.06 bits per heavy atom. The summed E-state index contributed by atoms with van der Waals surface area (Å²) >= 11 is 1.42. The highest BCUT2D eigenvalue weighted by Gasteiger charge is 2.36. The molecule has 3 aromatic rings. The normalized spacial score (nSPS) is 17.9. The molecule has 1 unspecified atom stereocenters. The number of aromatic hydroxyl groups is 1. The fourth-order valence-electron chi connectivity index (χ4n) is 3.72. The van der Waals surface area contributed by atoms with Crippen LogP contribution in [0.3, 0.4) is 0 Å². The molecule has 0 spiro atoms. The van der Waals surface area contributed by atoms with E-state index in [-0.39, 0.29) is 40.7 Å². The van der Waals surface area contributed by atoms with Crippen LogP contribution in [0.4, 0.5) is 11.4 Å². The molecule has 1 aliphatic heterocycles. The van der Waals surface area contributed by atoms with Gasteiger partial charge < -0.3 is 14.9 Å². The van der Waals surface area contributed by atoms with Crippen molar-refractivity contribution in [3.05, 3.63) is 50.9 Å². The van der Waals surface area contributed by atoms with E-state index in [9.17, 15) is 23.6 Å². The van der Waals surface area contributed by atoms with Crippen LogP contribution in [0.15, 0.2) is 44.6 Å². The van der Waals surface area contributed by atoms with Crippen LogP contribution in [-0.2, 0) is 15.6 Å². The first-order valence-corrected chi connectivity index (χ1v) is 15.5. The zero-order valence-corrected chi connectivity index (χ0v) is 22.7. The second kappa shape index (κ2) is 10.0. The van der Waals surface area contributed by atoms with Crippen molar-refractivity contribution < 1.29 is 23.3 Å². The molecule has 5 N–H and O–H groups in total. The van der Waals surface area contributed by atoms with Gasteiger partial charge in [0.2, 0.25) is 0 Å². The molecule has 0 saturated heterocycles. The molecule has 0 aliphatic carbocycles. The smallest absolute Gasteiger partial charge is 0.348 e. The first-order valence-electron chi connectivity index (χ1n) is 11.1. The first-order chi connectivity index (χ1) is 16.9. The van der Waals surface area contributed by atoms with Crippen molar-refractivity contribution >= 4 is 52.1 Å². The lowest BCUT2D eigenvalue weighted by Crippen LogP contribution is -2.35. The number of nitrogens with zero attached hydrogens (tertiary/aromatic N) is 3. The molecule has 0 fully saturated rings. The van der Waals surface area contributed by atoms with E-state index < -0.39 is 23.9 Å². The van der Waals surface area contributed by atoms with Gasteiger partial charge in [0.25, 0.3) is 5.56 Å². The average Bonchev–Trinajstić information content (AvgIpc) is 3.30. The summed E-state index contributed by atoms with van der Waals surface area (Å²) in [4.78, 5) is 13.5. The van der Waals surface area contributed by atoms with Crippen LogP contribution in [-0.4, -0.2) is 42.7 Å². The van der Waals surface area contributed by atoms with Gasteiger partial charge in [-0.15, -0.1) is 10.8 Å². The fourth-order valence-corrected chi connectivity index (χ4v) is 6.74. The Bertz CT molecular complexity index is 1420. The number of rotatable bonds is 8. The number of fused-ring (bicyclic) bond motifs is 1. The summed E-state index contributed by atoms with van der Waals surface area (Å²) in [5.41, 5.74) is 0.745. The summed E-state index contributed by atoms with van der Waals surface area (Å²) in [6.45, 7) is 5.91. The molecular weight excluding hydrogens is 525 g/mol. The summed E-state index contributed by atoms with van der Waals surface area (Å²) in [6, 6.07) is 6.36. The molecule has 1 aromatic carbocycles. The zero-order chi connectivity index (χ0) is 26.3. The van der Waals surface area contributed by atoms with E-state index in [1.807, 2.05) is 19.2 Å². The van der Waals surface area contributed by atoms with Crippen molar-refractivity contribution in [3.63, 3.8) is 0 Å². The minimum atomic E-state index is -3.92. The summed E-state index contributed by atoms with van der Waals surface area (Å²) in [5.74, 6) is -0.385. The molecule has 0 amide bonds. The van der Waals surface area contributed by atoms with Gasteiger partial charge in [0.05, 0.1) is 23.3 Å². The molecule has 3 heterocycles. The van der Waals surface area contributed by atoms with Crippen molar-refractivity contribution in [3.8, 4) is 17.0 Å². The van der Waals surface area contributed by atoms with Crippen LogP contribution in [0.5, 0.6) is 5.75 Å². The number of amidine groups is 1. The number of hydrogen-bond donors (Lipinski definition) is 5. The van der Waals surface area contributed by atoms with E-state index in [2.05, 4.69) is 19.9 Å². The minimum absolute atomic E-state index is 0.0637. The first kappa shape index (κ1) is 26.4. The monoisotopic (exact) mass is 553 g/mol. The Kier molecular flexibility index (Phi) is 7.33. The highest BCUT2D eigenvalue weighted by molar-refractivity contribution is 8.24. The maximum Gasteiger partial charge on any atom is 0.348 e. The fraction of sp³-hybridized carbons (Fsp3) is 0.318. The molecule has 0 saturated carbocycles. The molecule has 36 heavy (non-hydrogen) atoms. The highest BCUT2D eigenvalue weighted by atomic mass is 32.3. The van der Waals surface area contributed by atoms with Crippen molar-refractivity contribution in [2.24, 2.45) is 10.7 Å². The number of nitrogens with one attached hydrogen (secondary N) is 2. The van der Waals surface area contributed by atoms with Gasteiger partial charge in [0, 0.05) is 23.7 Å². The molecule has 194 valence electrons. The molecule has 4 rings (SSSR count). The van der Waals surface area contributed by atoms with Crippen LogP contribution in [0.1, 0.15) is 26.3 Å². The number of anilines is 2. The average molecular weight is 554 g/mol. The molecule has 0 radical (unpaired) electrons. The maximum absolute atomic E-state index is 14.0. The van der Waals surface area contributed by atoms with E-state index in [4.69, 9.17) is 4.52 Å². The van der Waals surface area contributed by atoms with Gasteiger partial charge in [0.1, 0.15) is 11.3 Å². The molecule has 14 heteroatoms. The lowest BCUT2D eigenvalue weighted by Gasteiger charge is -2.30. The van der Waals surface area contributed by atoms with Gasteiger partial charge >= 0.3 is 7.52 Å². The Balaban J connectivity index is 1.91. The summed E-state index contributed by atoms with van der Waals surface area (Å²) in [6.07, 6.45) is 1.22. The van der Waals surface area contributed by atoms with Crippen molar-refractivity contribution in [2.45, 2.75) is 27.3 Å². The number of benzene rings is 1. The number of hydrogen-bond acceptors (Lipinski definition) is 10. The van der Waals surface area contributed by atoms with Gasteiger partial charge in [0.15, 0.2) is 11.6 Å². The third-order valence-electron chi connectivity index (χ3n) is 5.10. The maximum atomic E-state index is 14.0.